The number of benzene rings is 3. The van der Waals surface area contributed by atoms with Gasteiger partial charge in [-0.1, -0.05) is 304 Å². The van der Waals surface area contributed by atoms with Crippen LogP contribution in [0.2, 0.25) is 0 Å². The zero-order valence-corrected chi connectivity index (χ0v) is 79.4. The van der Waals surface area contributed by atoms with Crippen LogP contribution >= 0.6 is 0 Å². The summed E-state index contributed by atoms with van der Waals surface area (Å²) in [4.78, 5) is 29.4. The maximum absolute atomic E-state index is 11.3. The molecule has 0 heterocycles. The van der Waals surface area contributed by atoms with E-state index in [-0.39, 0.29) is 98.5 Å². The summed E-state index contributed by atoms with van der Waals surface area (Å²) in [7, 11) is 0. The number of rotatable bonds is 6. The normalized spacial score (nSPS) is 23.3. The third-order valence-corrected chi connectivity index (χ3v) is 21.6. The Balaban J connectivity index is 0.000000308. The van der Waals surface area contributed by atoms with Crippen LogP contribution in [-0.2, 0) is 33.6 Å². The van der Waals surface area contributed by atoms with Crippen molar-refractivity contribution >= 4 is 68.4 Å². The molecule has 6 aliphatic carbocycles. The molecular weight excluding hydrogens is 1520 g/mol. The number of allylic oxidation sites excluding steroid dienone is 12. The van der Waals surface area contributed by atoms with Gasteiger partial charge in [-0.25, -0.2) is 0 Å². The minimum atomic E-state index is -0.770. The summed E-state index contributed by atoms with van der Waals surface area (Å²) >= 11 is 0. The third kappa shape index (κ3) is 26.2. The van der Waals surface area contributed by atoms with E-state index < -0.39 is 36.6 Å². The van der Waals surface area contributed by atoms with Gasteiger partial charge in [0.05, 0.1) is 68.4 Å². The first-order chi connectivity index (χ1) is 51.5. The number of hydrogen-bond donors (Lipinski definition) is 6. The van der Waals surface area contributed by atoms with Crippen LogP contribution in [0.1, 0.15) is 249 Å². The zero-order valence-electron chi connectivity index (χ0n) is 77.4. The first kappa shape index (κ1) is 99.9. The molecule has 0 amide bonds. The second kappa shape index (κ2) is 36.3. The van der Waals surface area contributed by atoms with Crippen LogP contribution in [0.25, 0.3) is 0 Å². The van der Waals surface area contributed by atoms with Crippen molar-refractivity contribution in [1.29, 1.82) is 0 Å². The van der Waals surface area contributed by atoms with E-state index in [1.165, 1.54) is 0 Å². The predicted octanol–water partition coefficient (Wildman–Crippen LogP) is 25.4. The number of nitrogens with zero attached hydrogens (tertiary/aromatic N) is 6. The minimum absolute atomic E-state index is 0. The molecule has 6 atom stereocenters. The maximum Gasteiger partial charge on any atom is 0.118 e. The van der Waals surface area contributed by atoms with Gasteiger partial charge in [-0.2, -0.15) is 0 Å². The van der Waals surface area contributed by atoms with Crippen molar-refractivity contribution in [3.8, 4) is 0 Å². The van der Waals surface area contributed by atoms with Gasteiger partial charge in [0.1, 0.15) is 36.6 Å². The minimum Gasteiger partial charge on any atom is -0.382 e. The van der Waals surface area contributed by atoms with Gasteiger partial charge in [-0.15, -0.1) is 0 Å². The Morgan fingerprint density at radius 1 is 0.181 bits per heavy atom. The molecule has 0 aromatic heterocycles. The van der Waals surface area contributed by atoms with Gasteiger partial charge in [0.25, 0.3) is 0 Å². The summed E-state index contributed by atoms with van der Waals surface area (Å²) in [6.45, 7) is 77.4. The quantitative estimate of drug-likeness (QED) is 0.142. The van der Waals surface area contributed by atoms with E-state index in [1.807, 2.05) is 109 Å². The van der Waals surface area contributed by atoms with Gasteiger partial charge in [-0.3, -0.25) is 30.0 Å². The SMILES string of the molecule is CC(C)(C)C1=CC(=Nc2cccc(N=C3C=C(C(C)(C)C)C=C(C(C)(C)C)C3O)c2)C(O)C(C(C)(C)C)=C1.CC(C)(C)C1=CC(=Nc2cccc(N=C3C=C(C(C)(C)C)C=C(C(C)(C)C)C3O)c2)C(O)C(C(C)(C)C)=C1.CC(C)(C)C1=CC(=Nc2cccc(N=C3C=C(C(C)(C)C)C=C(C(C)(C)C)C3O)c2)C(O)C(C(C)(C)C)=C1.[Co].[Co]. The van der Waals surface area contributed by atoms with Crippen molar-refractivity contribution in [2.75, 3.05) is 0 Å². The van der Waals surface area contributed by atoms with Gasteiger partial charge in [0.15, 0.2) is 0 Å². The van der Waals surface area contributed by atoms with Crippen molar-refractivity contribution in [3.63, 3.8) is 0 Å². The molecule has 636 valence electrons. The third-order valence-electron chi connectivity index (χ3n) is 21.6. The Kier molecular flexibility index (Phi) is 31.3. The van der Waals surface area contributed by atoms with Crippen LogP contribution in [-0.4, -0.2) is 102 Å². The molecule has 0 bridgehead atoms. The summed E-state index contributed by atoms with van der Waals surface area (Å²) in [5.41, 5.74) is 19.2. The number of hydrogen-bond acceptors (Lipinski definition) is 12. The Hall–Kier alpha value is -6.67. The molecule has 6 N–H and O–H groups in total. The maximum atomic E-state index is 11.3. The number of aliphatic imine (C=N–C) groups is 6. The molecule has 0 fully saturated rings. The first-order valence-corrected chi connectivity index (χ1v) is 41.1. The molecule has 0 saturated heterocycles. The van der Waals surface area contributed by atoms with E-state index in [0.717, 1.165) is 101 Å². The number of aliphatic hydroxyl groups is 6. The van der Waals surface area contributed by atoms with Gasteiger partial charge in [0.2, 0.25) is 0 Å². The first-order valence-electron chi connectivity index (χ1n) is 41.1. The number of aliphatic hydroxyl groups excluding tert-OH is 6. The van der Waals surface area contributed by atoms with E-state index in [1.54, 1.807) is 0 Å². The molecule has 14 heteroatoms. The van der Waals surface area contributed by atoms with Crippen LogP contribution in [0, 0.1) is 65.0 Å². The largest absolute Gasteiger partial charge is 0.382 e. The van der Waals surface area contributed by atoms with Crippen LogP contribution in [0.3, 0.4) is 0 Å². The smallest absolute Gasteiger partial charge is 0.118 e. The van der Waals surface area contributed by atoms with E-state index in [9.17, 15) is 30.6 Å². The van der Waals surface area contributed by atoms with Crippen LogP contribution in [0.5, 0.6) is 0 Å². The Labute approximate surface area is 721 Å². The van der Waals surface area contributed by atoms with E-state index in [0.29, 0.717) is 34.3 Å². The average molecular weight is 1670 g/mol. The Morgan fingerprint density at radius 3 is 0.388 bits per heavy atom. The second-order valence-electron chi connectivity index (χ2n) is 44.4. The van der Waals surface area contributed by atoms with Gasteiger partial charge < -0.3 is 30.6 Å². The molecule has 12 nitrogen and oxygen atoms in total. The zero-order chi connectivity index (χ0) is 86.5. The average Bonchev–Trinajstić information content (AvgIpc) is 0.807. The standard InChI is InChI=1S/3C34H48N2O2.2Co/c3*1-31(2,3)21-16-25(33(7,8)9)29(37)27(18-21)35-23-14-13-15-24(20-23)36-28-19-22(32(4,5)6)17-26(30(28)38)34(10,11)12;;/h3*13-20,29-30,37-38H,1-12H3;;. The molecule has 116 heavy (non-hydrogen) atoms. The molecule has 6 aliphatic rings. The molecule has 2 radical (unpaired) electrons. The summed E-state index contributed by atoms with van der Waals surface area (Å²) in [6, 6.07) is 23.1. The molecular formula is C102H144Co2N6O6. The summed E-state index contributed by atoms with van der Waals surface area (Å²) in [5.74, 6) is 0. The summed E-state index contributed by atoms with van der Waals surface area (Å²) < 4.78 is 0. The summed E-state index contributed by atoms with van der Waals surface area (Å²) in [5, 5.41) is 67.6. The predicted molar refractivity (Wildman–Crippen MR) is 488 cm³/mol. The van der Waals surface area contributed by atoms with Crippen LogP contribution < -0.4 is 0 Å². The molecule has 0 saturated carbocycles. The van der Waals surface area contributed by atoms with Crippen LogP contribution in [0.4, 0.5) is 34.1 Å². The van der Waals surface area contributed by atoms with E-state index >= 15 is 0 Å². The van der Waals surface area contributed by atoms with Gasteiger partial charge in [0, 0.05) is 33.6 Å². The van der Waals surface area contributed by atoms with Crippen molar-refractivity contribution in [2.45, 2.75) is 286 Å². The van der Waals surface area contributed by atoms with Crippen LogP contribution in [0.15, 0.2) is 243 Å². The van der Waals surface area contributed by atoms with E-state index in [4.69, 9.17) is 30.0 Å². The van der Waals surface area contributed by atoms with Crippen molar-refractivity contribution in [3.05, 3.63) is 213 Å². The van der Waals surface area contributed by atoms with Crippen molar-refractivity contribution in [2.24, 2.45) is 94.9 Å². The monoisotopic (exact) mass is 1670 g/mol. The van der Waals surface area contributed by atoms with Gasteiger partial charge >= 0.3 is 0 Å². The van der Waals surface area contributed by atoms with Crippen molar-refractivity contribution < 1.29 is 64.2 Å². The molecule has 3 aromatic carbocycles. The molecule has 0 spiro atoms. The molecule has 6 unspecified atom stereocenters. The Bertz CT molecular complexity index is 3970. The van der Waals surface area contributed by atoms with Gasteiger partial charge in [-0.05, 0) is 223 Å². The van der Waals surface area contributed by atoms with Crippen molar-refractivity contribution in [1.82, 2.24) is 0 Å². The summed E-state index contributed by atoms with van der Waals surface area (Å²) in [6.07, 6.45) is 20.3. The fourth-order valence-electron chi connectivity index (χ4n) is 13.8. The van der Waals surface area contributed by atoms with E-state index in [2.05, 4.69) is 286 Å². The molecule has 3 aromatic rings. The molecule has 0 aliphatic heterocycles. The fraction of sp³-hybridized carbons (Fsp3) is 0.529. The Morgan fingerprint density at radius 2 is 0.293 bits per heavy atom. The molecule has 9 rings (SSSR count). The second-order valence-corrected chi connectivity index (χ2v) is 44.4. The fourth-order valence-corrected chi connectivity index (χ4v) is 13.8. The topological polar surface area (TPSA) is 196 Å².